The van der Waals surface area contributed by atoms with Crippen molar-refractivity contribution in [2.75, 3.05) is 0 Å². The lowest BCUT2D eigenvalue weighted by Crippen LogP contribution is -2.01. The number of pyridine rings is 1. The van der Waals surface area contributed by atoms with Gasteiger partial charge in [-0.3, -0.25) is 0 Å². The number of fused-ring (bicyclic) bond motifs is 1. The van der Waals surface area contributed by atoms with E-state index in [4.69, 9.17) is 21.8 Å². The second-order valence-electron chi connectivity index (χ2n) is 5.79. The summed E-state index contributed by atoms with van der Waals surface area (Å²) in [6.45, 7) is 6.89. The molecule has 116 valence electrons. The molecule has 3 aromatic rings. The summed E-state index contributed by atoms with van der Waals surface area (Å²) < 4.78 is 2.15. The minimum Gasteiger partial charge on any atom is -0.329 e. The molecule has 2 aromatic heterocycles. The fourth-order valence-corrected chi connectivity index (χ4v) is 3.18. The fraction of sp³-hybridized carbons (Fsp3) is 0.263. The first-order valence-corrected chi connectivity index (χ1v) is 8.00. The van der Waals surface area contributed by atoms with E-state index >= 15 is 0 Å². The van der Waals surface area contributed by atoms with Gasteiger partial charge >= 0.3 is 0 Å². The smallest absolute Gasteiger partial charge is 0.141 e. The predicted molar refractivity (Wildman–Crippen MR) is 94.6 cm³/mol. The molecular weight excluding hydrogens is 306 g/mol. The topological polar surface area (TPSA) is 41.6 Å². The SMILES string of the molecule is Cc1cc(-c2ccc(Cl)cc2)c2c(C)c(C)n(CCC#N)c2n1. The summed E-state index contributed by atoms with van der Waals surface area (Å²) in [4.78, 5) is 4.74. The monoisotopic (exact) mass is 323 g/mol. The summed E-state index contributed by atoms with van der Waals surface area (Å²) in [7, 11) is 0. The van der Waals surface area contributed by atoms with E-state index in [0.29, 0.717) is 13.0 Å². The third-order valence-electron chi connectivity index (χ3n) is 4.31. The third-order valence-corrected chi connectivity index (χ3v) is 4.56. The predicted octanol–water partition coefficient (Wildman–Crippen LogP) is 5.20. The Kier molecular flexibility index (Phi) is 4.11. The van der Waals surface area contributed by atoms with Crippen LogP contribution in [0.25, 0.3) is 22.2 Å². The van der Waals surface area contributed by atoms with Crippen LogP contribution in [0.2, 0.25) is 5.02 Å². The third kappa shape index (κ3) is 2.71. The van der Waals surface area contributed by atoms with Gasteiger partial charge in [0, 0.05) is 28.3 Å². The molecule has 3 rings (SSSR count). The van der Waals surface area contributed by atoms with Gasteiger partial charge in [-0.2, -0.15) is 5.26 Å². The summed E-state index contributed by atoms with van der Waals surface area (Å²) in [6.07, 6.45) is 0.482. The van der Waals surface area contributed by atoms with Gasteiger partial charge < -0.3 is 4.57 Å². The lowest BCUT2D eigenvalue weighted by molar-refractivity contribution is 0.712. The molecule has 23 heavy (non-hydrogen) atoms. The van der Waals surface area contributed by atoms with Crippen LogP contribution >= 0.6 is 11.6 Å². The van der Waals surface area contributed by atoms with Crippen molar-refractivity contribution < 1.29 is 0 Å². The average molecular weight is 324 g/mol. The van der Waals surface area contributed by atoms with Crippen molar-refractivity contribution in [3.8, 4) is 17.2 Å². The van der Waals surface area contributed by atoms with Gasteiger partial charge in [0.2, 0.25) is 0 Å². The number of halogens is 1. The largest absolute Gasteiger partial charge is 0.329 e. The van der Waals surface area contributed by atoms with Crippen LogP contribution in [-0.4, -0.2) is 9.55 Å². The van der Waals surface area contributed by atoms with Gasteiger partial charge in [0.1, 0.15) is 5.65 Å². The Morgan fingerprint density at radius 3 is 2.52 bits per heavy atom. The van der Waals surface area contributed by atoms with Crippen LogP contribution in [0.4, 0.5) is 0 Å². The zero-order valence-corrected chi connectivity index (χ0v) is 14.3. The van der Waals surface area contributed by atoms with Crippen LogP contribution in [0.3, 0.4) is 0 Å². The van der Waals surface area contributed by atoms with Gasteiger partial charge in [-0.05, 0) is 55.7 Å². The number of benzene rings is 1. The Morgan fingerprint density at radius 2 is 1.87 bits per heavy atom. The first-order valence-electron chi connectivity index (χ1n) is 7.63. The highest BCUT2D eigenvalue weighted by Gasteiger charge is 2.17. The molecular formula is C19H18ClN3. The quantitative estimate of drug-likeness (QED) is 0.665. The van der Waals surface area contributed by atoms with Gasteiger partial charge in [-0.25, -0.2) is 4.98 Å². The van der Waals surface area contributed by atoms with Crippen LogP contribution in [0, 0.1) is 32.1 Å². The van der Waals surface area contributed by atoms with Crippen molar-refractivity contribution in [2.45, 2.75) is 33.7 Å². The Morgan fingerprint density at radius 1 is 1.17 bits per heavy atom. The van der Waals surface area contributed by atoms with E-state index < -0.39 is 0 Å². The molecule has 0 atom stereocenters. The highest BCUT2D eigenvalue weighted by Crippen LogP contribution is 2.34. The number of hydrogen-bond acceptors (Lipinski definition) is 2. The van der Waals surface area contributed by atoms with Gasteiger partial charge in [0.25, 0.3) is 0 Å². The summed E-state index contributed by atoms with van der Waals surface area (Å²) in [5.41, 5.74) is 6.61. The molecule has 0 saturated carbocycles. The van der Waals surface area contributed by atoms with E-state index in [0.717, 1.165) is 27.3 Å². The molecule has 3 nitrogen and oxygen atoms in total. The molecule has 0 spiro atoms. The van der Waals surface area contributed by atoms with Crippen molar-refractivity contribution >= 4 is 22.6 Å². The lowest BCUT2D eigenvalue weighted by atomic mass is 10.00. The number of aryl methyl sites for hydroxylation is 3. The van der Waals surface area contributed by atoms with Crippen molar-refractivity contribution in [1.82, 2.24) is 9.55 Å². The maximum Gasteiger partial charge on any atom is 0.141 e. The fourth-order valence-electron chi connectivity index (χ4n) is 3.06. The minimum absolute atomic E-state index is 0.482. The normalized spacial score (nSPS) is 10.9. The summed E-state index contributed by atoms with van der Waals surface area (Å²) >= 11 is 6.02. The number of hydrogen-bond donors (Lipinski definition) is 0. The Labute approximate surface area is 141 Å². The molecule has 1 aromatic carbocycles. The van der Waals surface area contributed by atoms with Crippen LogP contribution in [0.15, 0.2) is 30.3 Å². The zero-order chi connectivity index (χ0) is 16.6. The van der Waals surface area contributed by atoms with E-state index in [-0.39, 0.29) is 0 Å². The number of rotatable bonds is 3. The first kappa shape index (κ1) is 15.6. The second-order valence-corrected chi connectivity index (χ2v) is 6.22. The van der Waals surface area contributed by atoms with E-state index in [1.165, 1.54) is 16.8 Å². The molecule has 0 aliphatic carbocycles. The van der Waals surface area contributed by atoms with E-state index in [9.17, 15) is 0 Å². The maximum atomic E-state index is 8.91. The molecule has 0 bridgehead atoms. The molecule has 2 heterocycles. The molecule has 0 fully saturated rings. The van der Waals surface area contributed by atoms with Crippen molar-refractivity contribution in [3.63, 3.8) is 0 Å². The van der Waals surface area contributed by atoms with Crippen LogP contribution in [0.5, 0.6) is 0 Å². The maximum absolute atomic E-state index is 8.91. The standard InChI is InChI=1S/C19H18ClN3/c1-12-11-17(15-5-7-16(20)8-6-15)18-13(2)14(3)23(10-4-9-21)19(18)22-12/h5-8,11H,4,10H2,1-3H3. The molecule has 0 saturated heterocycles. The average Bonchev–Trinajstić information content (AvgIpc) is 2.77. The Hall–Kier alpha value is -2.31. The first-order chi connectivity index (χ1) is 11.0. The highest BCUT2D eigenvalue weighted by molar-refractivity contribution is 6.30. The molecule has 0 N–H and O–H groups in total. The van der Waals surface area contributed by atoms with E-state index in [2.05, 4.69) is 30.6 Å². The van der Waals surface area contributed by atoms with Crippen molar-refractivity contribution in [2.24, 2.45) is 0 Å². The summed E-state index contributed by atoms with van der Waals surface area (Å²) in [5, 5.41) is 10.8. The Balaban J connectivity index is 2.31. The van der Waals surface area contributed by atoms with Gasteiger partial charge in [0.15, 0.2) is 0 Å². The van der Waals surface area contributed by atoms with Crippen LogP contribution in [0.1, 0.15) is 23.4 Å². The second kappa shape index (κ2) is 6.06. The van der Waals surface area contributed by atoms with E-state index in [1.54, 1.807) is 0 Å². The minimum atomic E-state index is 0.482. The molecule has 4 heteroatoms. The highest BCUT2D eigenvalue weighted by atomic mass is 35.5. The number of nitriles is 1. The summed E-state index contributed by atoms with van der Waals surface area (Å²) in [5.74, 6) is 0. The van der Waals surface area contributed by atoms with Crippen LogP contribution < -0.4 is 0 Å². The lowest BCUT2D eigenvalue weighted by Gasteiger charge is -2.08. The van der Waals surface area contributed by atoms with Crippen molar-refractivity contribution in [1.29, 1.82) is 5.26 Å². The molecule has 0 unspecified atom stereocenters. The summed E-state index contributed by atoms with van der Waals surface area (Å²) in [6, 6.07) is 12.2. The number of aromatic nitrogens is 2. The van der Waals surface area contributed by atoms with Gasteiger partial charge in [-0.1, -0.05) is 23.7 Å². The van der Waals surface area contributed by atoms with Crippen molar-refractivity contribution in [3.05, 3.63) is 52.3 Å². The molecule has 0 amide bonds. The van der Waals surface area contributed by atoms with E-state index in [1.807, 2.05) is 31.2 Å². The number of nitrogens with zero attached hydrogens (tertiary/aromatic N) is 3. The Bertz CT molecular complexity index is 915. The zero-order valence-electron chi connectivity index (χ0n) is 13.5. The van der Waals surface area contributed by atoms with Gasteiger partial charge in [0.05, 0.1) is 12.5 Å². The van der Waals surface area contributed by atoms with Crippen LogP contribution in [-0.2, 0) is 6.54 Å². The van der Waals surface area contributed by atoms with Gasteiger partial charge in [-0.15, -0.1) is 0 Å². The molecule has 0 aliphatic rings. The molecule has 0 aliphatic heterocycles. The molecule has 0 radical (unpaired) electrons.